The van der Waals surface area contributed by atoms with Gasteiger partial charge in [0, 0.05) is 24.3 Å². The monoisotopic (exact) mass is 394 g/mol. The first-order chi connectivity index (χ1) is 12.5. The third kappa shape index (κ3) is 15.6. The molecule has 142 valence electrons. The van der Waals surface area contributed by atoms with Crippen LogP contribution < -0.4 is 0 Å². The molecule has 2 aromatic carbocycles. The van der Waals surface area contributed by atoms with Crippen molar-refractivity contribution >= 4 is 33.5 Å². The van der Waals surface area contributed by atoms with Crippen molar-refractivity contribution in [3.63, 3.8) is 0 Å². The summed E-state index contributed by atoms with van der Waals surface area (Å²) in [6, 6.07) is 21.2. The molecule has 6 heteroatoms. The molecular formula is C20H26O4S2. The molecule has 0 spiro atoms. The van der Waals surface area contributed by atoms with E-state index in [1.54, 1.807) is 13.8 Å². The van der Waals surface area contributed by atoms with E-state index in [1.165, 1.54) is 11.1 Å². The van der Waals surface area contributed by atoms with E-state index in [2.05, 4.69) is 60.7 Å². The van der Waals surface area contributed by atoms with Gasteiger partial charge in [-0.25, -0.2) is 0 Å². The Kier molecular flexibility index (Phi) is 15.3. The first-order valence-electron chi connectivity index (χ1n) is 8.25. The Morgan fingerprint density at radius 2 is 0.962 bits per heavy atom. The second-order valence-electron chi connectivity index (χ2n) is 4.99. The van der Waals surface area contributed by atoms with Gasteiger partial charge in [0.2, 0.25) is 0 Å². The topological polar surface area (TPSA) is 74.6 Å². The molecule has 0 amide bonds. The third-order valence-electron chi connectivity index (χ3n) is 2.83. The van der Waals surface area contributed by atoms with E-state index in [9.17, 15) is 9.59 Å². The van der Waals surface area contributed by atoms with Crippen molar-refractivity contribution in [2.75, 3.05) is 0 Å². The Hall–Kier alpha value is -1.92. The summed E-state index contributed by atoms with van der Waals surface area (Å²) in [6.45, 7) is 3.20. The Bertz CT molecular complexity index is 548. The van der Waals surface area contributed by atoms with E-state index in [0.717, 1.165) is 11.5 Å². The Morgan fingerprint density at radius 3 is 1.19 bits per heavy atom. The highest BCUT2D eigenvalue weighted by molar-refractivity contribution is 8.76. The molecule has 0 unspecified atom stereocenters. The van der Waals surface area contributed by atoms with Crippen molar-refractivity contribution in [2.24, 2.45) is 0 Å². The Morgan fingerprint density at radius 1 is 0.692 bits per heavy atom. The van der Waals surface area contributed by atoms with Gasteiger partial charge in [-0.05, 0) is 11.1 Å². The summed E-state index contributed by atoms with van der Waals surface area (Å²) in [4.78, 5) is 18.7. The minimum Gasteiger partial charge on any atom is -0.481 e. The SMILES string of the molecule is CCC(=O)O.CCC(=O)O.c1ccc(CSSCc2ccccc2)cc1. The van der Waals surface area contributed by atoms with Gasteiger partial charge in [0.25, 0.3) is 0 Å². The van der Waals surface area contributed by atoms with Crippen LogP contribution in [0.4, 0.5) is 0 Å². The first-order valence-corrected chi connectivity index (χ1v) is 10.7. The third-order valence-corrected chi connectivity index (χ3v) is 5.10. The van der Waals surface area contributed by atoms with Crippen LogP contribution in [0.15, 0.2) is 60.7 Å². The minimum atomic E-state index is -0.745. The molecule has 2 N–H and O–H groups in total. The summed E-state index contributed by atoms with van der Waals surface area (Å²) in [5.74, 6) is 0.673. The van der Waals surface area contributed by atoms with Crippen LogP contribution >= 0.6 is 21.6 Å². The van der Waals surface area contributed by atoms with E-state index >= 15 is 0 Å². The molecule has 26 heavy (non-hydrogen) atoms. The lowest BCUT2D eigenvalue weighted by Crippen LogP contribution is -1.86. The molecule has 0 heterocycles. The molecule has 0 saturated heterocycles. The predicted octanol–water partition coefficient (Wildman–Crippen LogP) is 5.73. The average molecular weight is 395 g/mol. The Balaban J connectivity index is 0.000000520. The maximum Gasteiger partial charge on any atom is 0.303 e. The van der Waals surface area contributed by atoms with Crippen molar-refractivity contribution in [1.82, 2.24) is 0 Å². The maximum absolute atomic E-state index is 9.37. The molecular weight excluding hydrogens is 368 g/mol. The molecule has 0 aliphatic rings. The summed E-state index contributed by atoms with van der Waals surface area (Å²) in [5.41, 5.74) is 2.79. The van der Waals surface area contributed by atoms with Crippen LogP contribution in [0.25, 0.3) is 0 Å². The van der Waals surface area contributed by atoms with Gasteiger partial charge in [0.1, 0.15) is 0 Å². The van der Waals surface area contributed by atoms with Gasteiger partial charge >= 0.3 is 11.9 Å². The molecule has 4 nitrogen and oxygen atoms in total. The Labute approximate surface area is 163 Å². The summed E-state index contributed by atoms with van der Waals surface area (Å²) in [5, 5.41) is 15.4. The van der Waals surface area contributed by atoms with Crippen molar-refractivity contribution in [1.29, 1.82) is 0 Å². The smallest absolute Gasteiger partial charge is 0.303 e. The van der Waals surface area contributed by atoms with Crippen LogP contribution in [0.2, 0.25) is 0 Å². The van der Waals surface area contributed by atoms with Gasteiger partial charge in [-0.2, -0.15) is 0 Å². The van der Waals surface area contributed by atoms with Gasteiger partial charge < -0.3 is 10.2 Å². The molecule has 0 fully saturated rings. The normalized spacial score (nSPS) is 9.15. The predicted molar refractivity (Wildman–Crippen MR) is 111 cm³/mol. The van der Waals surface area contributed by atoms with E-state index in [4.69, 9.17) is 10.2 Å². The number of aliphatic carboxylic acids is 2. The molecule has 0 atom stereocenters. The largest absolute Gasteiger partial charge is 0.481 e. The van der Waals surface area contributed by atoms with Crippen molar-refractivity contribution < 1.29 is 19.8 Å². The molecule has 0 bridgehead atoms. The van der Waals surface area contributed by atoms with Gasteiger partial charge in [-0.15, -0.1) is 0 Å². The van der Waals surface area contributed by atoms with Crippen molar-refractivity contribution in [3.8, 4) is 0 Å². The molecule has 0 aliphatic heterocycles. The summed E-state index contributed by atoms with van der Waals surface area (Å²) in [7, 11) is 3.84. The number of hydrogen-bond donors (Lipinski definition) is 2. The number of hydrogen-bond acceptors (Lipinski definition) is 4. The van der Waals surface area contributed by atoms with Crippen LogP contribution in [-0.4, -0.2) is 22.2 Å². The standard InChI is InChI=1S/C14H14S2.2C3H6O2/c1-3-7-13(8-4-1)11-15-16-12-14-9-5-2-6-10-14;2*1-2-3(4)5/h1-10H,11-12H2;2*2H2,1H3,(H,4,5). The van der Waals surface area contributed by atoms with Gasteiger partial charge in [0.15, 0.2) is 0 Å². The average Bonchev–Trinajstić information content (AvgIpc) is 2.68. The summed E-state index contributed by atoms with van der Waals surface area (Å²) >= 11 is 0. The first kappa shape index (κ1) is 24.1. The maximum atomic E-state index is 9.37. The second kappa shape index (κ2) is 16.5. The quantitative estimate of drug-likeness (QED) is 0.461. The van der Waals surface area contributed by atoms with Crippen LogP contribution in [0.5, 0.6) is 0 Å². The van der Waals surface area contributed by atoms with E-state index in [1.807, 2.05) is 21.6 Å². The van der Waals surface area contributed by atoms with E-state index in [0.29, 0.717) is 0 Å². The molecule has 0 radical (unpaired) electrons. The van der Waals surface area contributed by atoms with Gasteiger partial charge in [-0.3, -0.25) is 9.59 Å². The minimum absolute atomic E-state index is 0.222. The van der Waals surface area contributed by atoms with Crippen LogP contribution in [-0.2, 0) is 21.1 Å². The fourth-order valence-electron chi connectivity index (χ4n) is 1.37. The van der Waals surface area contributed by atoms with Crippen molar-refractivity contribution in [3.05, 3.63) is 71.8 Å². The molecule has 0 saturated carbocycles. The molecule has 0 aromatic heterocycles. The fraction of sp³-hybridized carbons (Fsp3) is 0.300. The molecule has 0 aliphatic carbocycles. The highest BCUT2D eigenvalue weighted by atomic mass is 33.1. The fourth-order valence-corrected chi connectivity index (χ4v) is 3.51. The zero-order valence-corrected chi connectivity index (χ0v) is 16.8. The van der Waals surface area contributed by atoms with Gasteiger partial charge in [-0.1, -0.05) is 96.1 Å². The van der Waals surface area contributed by atoms with Crippen LogP contribution in [0.1, 0.15) is 37.8 Å². The zero-order chi connectivity index (χ0) is 19.6. The number of rotatable bonds is 7. The van der Waals surface area contributed by atoms with Gasteiger partial charge in [0.05, 0.1) is 0 Å². The molecule has 2 rings (SSSR count). The zero-order valence-electron chi connectivity index (χ0n) is 15.1. The highest BCUT2D eigenvalue weighted by Gasteiger charge is 1.94. The number of carboxylic acid groups (broad SMARTS) is 2. The highest BCUT2D eigenvalue weighted by Crippen LogP contribution is 2.29. The summed E-state index contributed by atoms with van der Waals surface area (Å²) < 4.78 is 0. The lowest BCUT2D eigenvalue weighted by Gasteiger charge is -2.01. The number of carboxylic acids is 2. The van der Waals surface area contributed by atoms with Crippen LogP contribution in [0, 0.1) is 0 Å². The van der Waals surface area contributed by atoms with E-state index in [-0.39, 0.29) is 12.8 Å². The van der Waals surface area contributed by atoms with Crippen molar-refractivity contribution in [2.45, 2.75) is 38.2 Å². The lowest BCUT2D eigenvalue weighted by molar-refractivity contribution is -0.137. The molecule has 2 aromatic rings. The summed E-state index contributed by atoms with van der Waals surface area (Å²) in [6.07, 6.45) is 0.444. The van der Waals surface area contributed by atoms with E-state index < -0.39 is 11.9 Å². The van der Waals surface area contributed by atoms with Crippen LogP contribution in [0.3, 0.4) is 0 Å². The number of carbonyl (C=O) groups is 2. The lowest BCUT2D eigenvalue weighted by atomic mass is 10.2. The second-order valence-corrected chi connectivity index (χ2v) is 7.45. The number of benzene rings is 2.